The van der Waals surface area contributed by atoms with Gasteiger partial charge in [0.2, 0.25) is 0 Å². The Morgan fingerprint density at radius 1 is 1.26 bits per heavy atom. The second-order valence-electron chi connectivity index (χ2n) is 5.68. The Morgan fingerprint density at radius 3 is 2.74 bits per heavy atom. The van der Waals surface area contributed by atoms with Crippen molar-refractivity contribution in [3.8, 4) is 5.75 Å². The van der Waals surface area contributed by atoms with Crippen LogP contribution in [0.4, 0.5) is 5.13 Å². The number of thiazole rings is 1. The molecule has 27 heavy (non-hydrogen) atoms. The van der Waals surface area contributed by atoms with Crippen molar-refractivity contribution in [2.24, 2.45) is 0 Å². The number of aromatic nitrogens is 1. The summed E-state index contributed by atoms with van der Waals surface area (Å²) in [6.07, 6.45) is 0. The first kappa shape index (κ1) is 19.3. The van der Waals surface area contributed by atoms with Gasteiger partial charge in [0.05, 0.1) is 35.1 Å². The number of carbonyl (C=O) groups is 2. The summed E-state index contributed by atoms with van der Waals surface area (Å²) in [6.45, 7) is 3.94. The minimum atomic E-state index is -0.382. The van der Waals surface area contributed by atoms with Gasteiger partial charge in [-0.05, 0) is 49.7 Å². The molecular weight excluding hydrogens is 432 g/mol. The number of hydrogen-bond donors (Lipinski definition) is 1. The summed E-state index contributed by atoms with van der Waals surface area (Å²) in [5.41, 5.74) is 2.41. The maximum Gasteiger partial charge on any atom is 0.338 e. The lowest BCUT2D eigenvalue weighted by molar-refractivity contribution is 0.0526. The third-order valence-corrected chi connectivity index (χ3v) is 5.20. The summed E-state index contributed by atoms with van der Waals surface area (Å²) in [5.74, 6) is -0.185. The molecule has 6 nitrogen and oxygen atoms in total. The predicted molar refractivity (Wildman–Crippen MR) is 109 cm³/mol. The number of aryl methyl sites for hydroxylation is 1. The van der Waals surface area contributed by atoms with Gasteiger partial charge in [0, 0.05) is 4.47 Å². The van der Waals surface area contributed by atoms with Crippen LogP contribution in [0.1, 0.15) is 33.2 Å². The first-order chi connectivity index (χ1) is 12.9. The third-order valence-electron chi connectivity index (χ3n) is 3.81. The van der Waals surface area contributed by atoms with Crippen molar-refractivity contribution in [3.05, 3.63) is 51.5 Å². The average molecular weight is 449 g/mol. The smallest absolute Gasteiger partial charge is 0.338 e. The molecule has 0 unspecified atom stereocenters. The fraction of sp³-hybridized carbons (Fsp3) is 0.211. The highest BCUT2D eigenvalue weighted by Gasteiger charge is 2.18. The van der Waals surface area contributed by atoms with Gasteiger partial charge in [0.1, 0.15) is 5.75 Å². The highest BCUT2D eigenvalue weighted by Crippen LogP contribution is 2.31. The Hall–Kier alpha value is -2.45. The van der Waals surface area contributed by atoms with E-state index in [-0.39, 0.29) is 11.9 Å². The molecule has 0 saturated carbocycles. The van der Waals surface area contributed by atoms with Gasteiger partial charge in [0.25, 0.3) is 5.91 Å². The molecule has 3 rings (SSSR count). The highest BCUT2D eigenvalue weighted by atomic mass is 79.9. The zero-order valence-electron chi connectivity index (χ0n) is 15.0. The molecule has 0 radical (unpaired) electrons. The second kappa shape index (κ2) is 8.06. The summed E-state index contributed by atoms with van der Waals surface area (Å²) in [6, 6.07) is 8.69. The van der Waals surface area contributed by atoms with Crippen LogP contribution in [0, 0.1) is 6.92 Å². The predicted octanol–water partition coefficient (Wildman–Crippen LogP) is 4.80. The number of methoxy groups -OCH3 is 1. The first-order valence-electron chi connectivity index (χ1n) is 8.16. The minimum Gasteiger partial charge on any atom is -0.496 e. The lowest BCUT2D eigenvalue weighted by atomic mass is 10.1. The lowest BCUT2D eigenvalue weighted by Gasteiger charge is -2.11. The van der Waals surface area contributed by atoms with E-state index in [1.54, 1.807) is 31.2 Å². The molecule has 1 N–H and O–H groups in total. The van der Waals surface area contributed by atoms with Gasteiger partial charge < -0.3 is 9.47 Å². The maximum atomic E-state index is 12.7. The Morgan fingerprint density at radius 2 is 2.04 bits per heavy atom. The van der Waals surface area contributed by atoms with Crippen molar-refractivity contribution < 1.29 is 19.1 Å². The maximum absolute atomic E-state index is 12.7. The number of fused-ring (bicyclic) bond motifs is 1. The van der Waals surface area contributed by atoms with E-state index in [2.05, 4.69) is 26.2 Å². The molecule has 0 bridgehead atoms. The van der Waals surface area contributed by atoms with Crippen LogP contribution < -0.4 is 10.1 Å². The molecule has 0 atom stereocenters. The number of amides is 1. The largest absolute Gasteiger partial charge is 0.496 e. The molecule has 0 aliphatic rings. The van der Waals surface area contributed by atoms with E-state index < -0.39 is 0 Å². The zero-order chi connectivity index (χ0) is 19.6. The van der Waals surface area contributed by atoms with Crippen LogP contribution in [0.3, 0.4) is 0 Å². The van der Waals surface area contributed by atoms with E-state index in [1.807, 2.05) is 13.0 Å². The quantitative estimate of drug-likeness (QED) is 0.566. The number of halogens is 1. The molecule has 1 amide bonds. The molecular formula is C19H17BrN2O4S. The molecule has 2 aromatic carbocycles. The van der Waals surface area contributed by atoms with Crippen LogP contribution in [-0.2, 0) is 4.74 Å². The summed E-state index contributed by atoms with van der Waals surface area (Å²) in [5, 5.41) is 3.24. The average Bonchev–Trinajstić information content (AvgIpc) is 3.02. The van der Waals surface area contributed by atoms with Gasteiger partial charge in [-0.2, -0.15) is 0 Å². The van der Waals surface area contributed by atoms with Gasteiger partial charge in [-0.15, -0.1) is 0 Å². The van der Waals surface area contributed by atoms with E-state index in [1.165, 1.54) is 18.4 Å². The standard InChI is InChI=1S/C19H17BrN2O4S/c1-4-26-18(24)11-5-6-14-15(8-11)27-19(21-14)22-17(23)13-9-12(20)7-10(2)16(13)25-3/h5-9H,4H2,1-3H3,(H,21,22,23). The fourth-order valence-electron chi connectivity index (χ4n) is 2.65. The van der Waals surface area contributed by atoms with Crippen molar-refractivity contribution in [1.29, 1.82) is 0 Å². The van der Waals surface area contributed by atoms with Crippen LogP contribution >= 0.6 is 27.3 Å². The number of esters is 1. The Kier molecular flexibility index (Phi) is 5.76. The molecule has 0 aliphatic carbocycles. The molecule has 1 heterocycles. The van der Waals surface area contributed by atoms with Gasteiger partial charge in [0.15, 0.2) is 5.13 Å². The van der Waals surface area contributed by atoms with Gasteiger partial charge >= 0.3 is 5.97 Å². The van der Waals surface area contributed by atoms with Crippen LogP contribution in [0.5, 0.6) is 5.75 Å². The molecule has 0 spiro atoms. The molecule has 0 fully saturated rings. The molecule has 3 aromatic rings. The second-order valence-corrected chi connectivity index (χ2v) is 7.63. The number of ether oxygens (including phenoxy) is 2. The molecule has 0 saturated heterocycles. The number of nitrogens with one attached hydrogen (secondary N) is 1. The van der Waals surface area contributed by atoms with Crippen molar-refractivity contribution in [2.75, 3.05) is 19.0 Å². The number of nitrogens with zero attached hydrogens (tertiary/aromatic N) is 1. The van der Waals surface area contributed by atoms with Gasteiger partial charge in [-0.25, -0.2) is 9.78 Å². The van der Waals surface area contributed by atoms with E-state index in [4.69, 9.17) is 9.47 Å². The van der Waals surface area contributed by atoms with Gasteiger partial charge in [-0.3, -0.25) is 10.1 Å². The molecule has 0 aliphatic heterocycles. The van der Waals surface area contributed by atoms with E-state index in [0.717, 1.165) is 14.7 Å². The minimum absolute atomic E-state index is 0.314. The zero-order valence-corrected chi connectivity index (χ0v) is 17.4. The van der Waals surface area contributed by atoms with E-state index >= 15 is 0 Å². The first-order valence-corrected chi connectivity index (χ1v) is 9.77. The number of rotatable bonds is 5. The van der Waals surface area contributed by atoms with Crippen LogP contribution in [0.25, 0.3) is 10.2 Å². The SMILES string of the molecule is CCOC(=O)c1ccc2nc(NC(=O)c3cc(Br)cc(C)c3OC)sc2c1. The topological polar surface area (TPSA) is 77.5 Å². The van der Waals surface area contributed by atoms with Crippen LogP contribution in [0.15, 0.2) is 34.8 Å². The molecule has 140 valence electrons. The van der Waals surface area contributed by atoms with Crippen molar-refractivity contribution in [3.63, 3.8) is 0 Å². The number of benzene rings is 2. The Balaban J connectivity index is 1.89. The lowest BCUT2D eigenvalue weighted by Crippen LogP contribution is -2.13. The summed E-state index contributed by atoms with van der Waals surface area (Å²) >= 11 is 4.69. The third kappa shape index (κ3) is 4.12. The summed E-state index contributed by atoms with van der Waals surface area (Å²) in [4.78, 5) is 29.0. The van der Waals surface area contributed by atoms with Crippen molar-refractivity contribution >= 4 is 54.5 Å². The number of hydrogen-bond acceptors (Lipinski definition) is 6. The Bertz CT molecular complexity index is 1030. The monoisotopic (exact) mass is 448 g/mol. The van der Waals surface area contributed by atoms with E-state index in [9.17, 15) is 9.59 Å². The number of carbonyl (C=O) groups excluding carboxylic acids is 2. The van der Waals surface area contributed by atoms with E-state index in [0.29, 0.717) is 34.1 Å². The Labute approximate surface area is 168 Å². The van der Waals surface area contributed by atoms with Crippen molar-refractivity contribution in [2.45, 2.75) is 13.8 Å². The van der Waals surface area contributed by atoms with Crippen molar-refractivity contribution in [1.82, 2.24) is 4.98 Å². The van der Waals surface area contributed by atoms with Crippen LogP contribution in [-0.4, -0.2) is 30.6 Å². The normalized spacial score (nSPS) is 10.7. The molecule has 8 heteroatoms. The summed E-state index contributed by atoms with van der Waals surface area (Å²) in [7, 11) is 1.53. The van der Waals surface area contributed by atoms with Gasteiger partial charge in [-0.1, -0.05) is 27.3 Å². The highest BCUT2D eigenvalue weighted by molar-refractivity contribution is 9.10. The van der Waals surface area contributed by atoms with Crippen LogP contribution in [0.2, 0.25) is 0 Å². The number of anilines is 1. The molecule has 1 aromatic heterocycles. The fourth-order valence-corrected chi connectivity index (χ4v) is 4.13. The summed E-state index contributed by atoms with van der Waals surface area (Å²) < 4.78 is 11.9.